The molecule has 3 aromatic rings. The summed E-state index contributed by atoms with van der Waals surface area (Å²) < 4.78 is 0. The molecule has 2 aromatic carbocycles. The second-order valence-corrected chi connectivity index (χ2v) is 13.5. The number of nitrogens with zero attached hydrogens (tertiary/aromatic N) is 3. The molecule has 1 fully saturated rings. The maximum absolute atomic E-state index is 14.1. The van der Waals surface area contributed by atoms with Crippen molar-refractivity contribution in [2.75, 3.05) is 13.1 Å². The van der Waals surface area contributed by atoms with Crippen LogP contribution in [0.4, 0.5) is 9.59 Å². The number of carboxylic acid groups (broad SMARTS) is 1. The number of hydrogen-bond acceptors (Lipinski definition) is 6. The molecule has 1 aromatic heterocycles. The molecule has 4 N–H and O–H groups in total. The van der Waals surface area contributed by atoms with Crippen molar-refractivity contribution in [3.8, 4) is 0 Å². The van der Waals surface area contributed by atoms with Crippen LogP contribution in [0.2, 0.25) is 0 Å². The van der Waals surface area contributed by atoms with Crippen molar-refractivity contribution in [3.63, 3.8) is 0 Å². The summed E-state index contributed by atoms with van der Waals surface area (Å²) in [5, 5.41) is 29.4. The summed E-state index contributed by atoms with van der Waals surface area (Å²) in [6, 6.07) is 16.7. The number of rotatable bonds is 13. The van der Waals surface area contributed by atoms with Gasteiger partial charge in [0.2, 0.25) is 5.91 Å². The highest BCUT2D eigenvalue weighted by atomic mass is 32.1. The van der Waals surface area contributed by atoms with Crippen LogP contribution in [0, 0.1) is 12.3 Å². The molecule has 0 saturated carbocycles. The third kappa shape index (κ3) is 9.03. The second-order valence-electron chi connectivity index (χ2n) is 12.5. The zero-order chi connectivity index (χ0) is 31.9. The van der Waals surface area contributed by atoms with Gasteiger partial charge in [0.1, 0.15) is 6.04 Å². The normalized spacial score (nSPS) is 16.3. The van der Waals surface area contributed by atoms with Crippen LogP contribution in [-0.4, -0.2) is 80.3 Å². The van der Waals surface area contributed by atoms with Crippen molar-refractivity contribution < 1.29 is 24.6 Å². The van der Waals surface area contributed by atoms with E-state index in [-0.39, 0.29) is 18.4 Å². The SMILES string of the molecule is Cc1nc(CN2CCN([C@H](C(=O)N[C@@H](Cc3ccccc3)C[C@H](O)[C@H](Cc3ccccc3)NC(=O)O)C(C)(C)C)C2=O)cs1. The lowest BCUT2D eigenvalue weighted by atomic mass is 9.84. The van der Waals surface area contributed by atoms with Crippen LogP contribution >= 0.6 is 11.3 Å². The third-order valence-electron chi connectivity index (χ3n) is 7.80. The van der Waals surface area contributed by atoms with E-state index in [2.05, 4.69) is 15.6 Å². The van der Waals surface area contributed by atoms with Gasteiger partial charge in [0, 0.05) is 24.5 Å². The fourth-order valence-electron chi connectivity index (χ4n) is 5.80. The maximum atomic E-state index is 14.1. The molecular formula is C33H43N5O5S. The molecule has 10 nitrogen and oxygen atoms in total. The minimum Gasteiger partial charge on any atom is -0.465 e. The van der Waals surface area contributed by atoms with Crippen molar-refractivity contribution in [2.24, 2.45) is 5.41 Å². The van der Waals surface area contributed by atoms with Crippen molar-refractivity contribution in [2.45, 2.75) is 77.7 Å². The lowest BCUT2D eigenvalue weighted by Crippen LogP contribution is -2.57. The zero-order valence-electron chi connectivity index (χ0n) is 25.8. The molecule has 0 bridgehead atoms. The minimum absolute atomic E-state index is 0.110. The average molecular weight is 622 g/mol. The van der Waals surface area contributed by atoms with Gasteiger partial charge in [-0.15, -0.1) is 11.3 Å². The molecule has 11 heteroatoms. The van der Waals surface area contributed by atoms with Crippen molar-refractivity contribution in [1.82, 2.24) is 25.4 Å². The quantitative estimate of drug-likeness (QED) is 0.223. The maximum Gasteiger partial charge on any atom is 0.404 e. The third-order valence-corrected chi connectivity index (χ3v) is 8.62. The van der Waals surface area contributed by atoms with Gasteiger partial charge in [-0.05, 0) is 42.7 Å². The van der Waals surface area contributed by atoms with E-state index in [1.54, 1.807) is 9.80 Å². The van der Waals surface area contributed by atoms with Gasteiger partial charge in [-0.3, -0.25) is 4.79 Å². The smallest absolute Gasteiger partial charge is 0.404 e. The predicted molar refractivity (Wildman–Crippen MR) is 170 cm³/mol. The summed E-state index contributed by atoms with van der Waals surface area (Å²) in [5.41, 5.74) is 2.09. The number of aryl methyl sites for hydroxylation is 1. The summed E-state index contributed by atoms with van der Waals surface area (Å²) in [6.07, 6.45) is -1.49. The fraction of sp³-hybridized carbons (Fsp3) is 0.455. The average Bonchev–Trinajstić information content (AvgIpc) is 3.53. The number of aliphatic hydroxyl groups is 1. The Kier molecular flexibility index (Phi) is 11.0. The molecule has 4 rings (SSSR count). The number of aliphatic hydroxyl groups excluding tert-OH is 1. The van der Waals surface area contributed by atoms with Gasteiger partial charge in [-0.2, -0.15) is 0 Å². The van der Waals surface area contributed by atoms with E-state index in [1.807, 2.05) is 93.7 Å². The summed E-state index contributed by atoms with van der Waals surface area (Å²) in [6.45, 7) is 9.02. The number of aromatic nitrogens is 1. The van der Waals surface area contributed by atoms with Crippen LogP contribution in [0.3, 0.4) is 0 Å². The first kappa shape index (κ1) is 32.9. The Morgan fingerprint density at radius 3 is 2.14 bits per heavy atom. The van der Waals surface area contributed by atoms with Gasteiger partial charge in [0.05, 0.1) is 29.4 Å². The Labute approximate surface area is 263 Å². The van der Waals surface area contributed by atoms with Crippen LogP contribution in [0.15, 0.2) is 66.0 Å². The first-order chi connectivity index (χ1) is 20.9. The number of carbonyl (C=O) groups is 3. The van der Waals surface area contributed by atoms with Crippen molar-refractivity contribution in [3.05, 3.63) is 87.9 Å². The number of carbonyl (C=O) groups excluding carboxylic acids is 2. The fourth-order valence-corrected chi connectivity index (χ4v) is 6.41. The molecule has 0 unspecified atom stereocenters. The first-order valence-corrected chi connectivity index (χ1v) is 15.8. The number of urea groups is 1. The van der Waals surface area contributed by atoms with E-state index in [4.69, 9.17) is 0 Å². The van der Waals surface area contributed by atoms with E-state index in [0.717, 1.165) is 21.8 Å². The standard InChI is InChI=1S/C33H43N5O5S/c1-22-34-26(21-44-22)20-37-15-16-38(32(37)43)29(33(2,3)4)30(40)35-25(17-23-11-7-5-8-12-23)19-28(39)27(36-31(41)42)18-24-13-9-6-10-14-24/h5-14,21,25,27-29,36,39H,15-20H2,1-4H3,(H,35,40)(H,41,42)/t25-,27-,28-,29+/m0/s1. The van der Waals surface area contributed by atoms with Crippen LogP contribution in [-0.2, 0) is 24.2 Å². The van der Waals surface area contributed by atoms with E-state index in [0.29, 0.717) is 32.5 Å². The zero-order valence-corrected chi connectivity index (χ0v) is 26.6. The van der Waals surface area contributed by atoms with E-state index in [9.17, 15) is 24.6 Å². The molecule has 0 aliphatic carbocycles. The predicted octanol–water partition coefficient (Wildman–Crippen LogP) is 4.46. The number of amides is 4. The van der Waals surface area contributed by atoms with Crippen molar-refractivity contribution in [1.29, 1.82) is 0 Å². The van der Waals surface area contributed by atoms with Gasteiger partial charge in [0.15, 0.2) is 0 Å². The Morgan fingerprint density at radius 2 is 1.59 bits per heavy atom. The van der Waals surface area contributed by atoms with Crippen LogP contribution < -0.4 is 10.6 Å². The highest BCUT2D eigenvalue weighted by molar-refractivity contribution is 7.09. The van der Waals surface area contributed by atoms with Gasteiger partial charge in [-0.25, -0.2) is 14.6 Å². The molecule has 1 aliphatic rings. The largest absolute Gasteiger partial charge is 0.465 e. The molecule has 1 saturated heterocycles. The number of nitrogens with one attached hydrogen (secondary N) is 2. The summed E-state index contributed by atoms with van der Waals surface area (Å²) in [4.78, 5) is 47.1. The van der Waals surface area contributed by atoms with Gasteiger partial charge < -0.3 is 30.6 Å². The highest BCUT2D eigenvalue weighted by Gasteiger charge is 2.44. The minimum atomic E-state index is -1.23. The number of thiazole rings is 1. The highest BCUT2D eigenvalue weighted by Crippen LogP contribution is 2.29. The molecule has 4 amide bonds. The van der Waals surface area contributed by atoms with Gasteiger partial charge >= 0.3 is 12.1 Å². The second kappa shape index (κ2) is 14.7. The molecular weight excluding hydrogens is 578 g/mol. The molecule has 236 valence electrons. The summed E-state index contributed by atoms with van der Waals surface area (Å²) >= 11 is 1.54. The lowest BCUT2D eigenvalue weighted by molar-refractivity contribution is -0.129. The summed E-state index contributed by atoms with van der Waals surface area (Å²) in [7, 11) is 0. The van der Waals surface area contributed by atoms with Crippen LogP contribution in [0.5, 0.6) is 0 Å². The van der Waals surface area contributed by atoms with Crippen LogP contribution in [0.25, 0.3) is 0 Å². The molecule has 4 atom stereocenters. The van der Waals surface area contributed by atoms with E-state index in [1.165, 1.54) is 11.3 Å². The first-order valence-electron chi connectivity index (χ1n) is 14.9. The summed E-state index contributed by atoms with van der Waals surface area (Å²) in [5.74, 6) is -0.309. The van der Waals surface area contributed by atoms with Gasteiger partial charge in [-0.1, -0.05) is 81.4 Å². The molecule has 0 spiro atoms. The Morgan fingerprint density at radius 1 is 0.977 bits per heavy atom. The molecule has 0 radical (unpaired) electrons. The molecule has 44 heavy (non-hydrogen) atoms. The monoisotopic (exact) mass is 621 g/mol. The number of benzene rings is 2. The van der Waals surface area contributed by atoms with Crippen LogP contribution in [0.1, 0.15) is 49.0 Å². The molecule has 1 aliphatic heterocycles. The van der Waals surface area contributed by atoms with E-state index < -0.39 is 35.7 Å². The Hall–Kier alpha value is -3.96. The molecule has 2 heterocycles. The van der Waals surface area contributed by atoms with Crippen molar-refractivity contribution >= 4 is 29.4 Å². The van der Waals surface area contributed by atoms with Gasteiger partial charge in [0.25, 0.3) is 0 Å². The Balaban J connectivity index is 1.53. The lowest BCUT2D eigenvalue weighted by Gasteiger charge is -2.38. The Bertz CT molecular complexity index is 1390. The van der Waals surface area contributed by atoms with E-state index >= 15 is 0 Å². The number of hydrogen-bond donors (Lipinski definition) is 4. The topological polar surface area (TPSA) is 135 Å².